The summed E-state index contributed by atoms with van der Waals surface area (Å²) >= 11 is 0. The number of likely N-dealkylation sites (tertiary alicyclic amines) is 1. The normalized spacial score (nSPS) is 27.9. The van der Waals surface area contributed by atoms with Crippen molar-refractivity contribution in [3.05, 3.63) is 0 Å². The van der Waals surface area contributed by atoms with E-state index in [1.165, 1.54) is 0 Å². The van der Waals surface area contributed by atoms with Crippen LogP contribution in [0.5, 0.6) is 0 Å². The van der Waals surface area contributed by atoms with Crippen LogP contribution in [-0.2, 0) is 4.74 Å². The number of hydrogen-bond donors (Lipinski definition) is 2. The molecule has 1 rings (SSSR count). The van der Waals surface area contributed by atoms with E-state index >= 15 is 0 Å². The summed E-state index contributed by atoms with van der Waals surface area (Å²) in [4.78, 5) is 13.1. The van der Waals surface area contributed by atoms with Gasteiger partial charge in [0.25, 0.3) is 0 Å². The molecular formula is C9H19N3O2. The molecule has 0 aliphatic carbocycles. The summed E-state index contributed by atoms with van der Waals surface area (Å²) < 4.78 is 5.19. The van der Waals surface area contributed by atoms with Crippen molar-refractivity contribution in [2.75, 3.05) is 13.1 Å². The van der Waals surface area contributed by atoms with E-state index in [1.807, 2.05) is 20.8 Å². The van der Waals surface area contributed by atoms with Crippen molar-refractivity contribution >= 4 is 6.09 Å². The SMILES string of the molecule is CC(C)(C)OC(=O)N1C[C@H](N)[C@@H](N)C1. The average molecular weight is 201 g/mol. The highest BCUT2D eigenvalue weighted by molar-refractivity contribution is 5.68. The van der Waals surface area contributed by atoms with Crippen LogP contribution in [0.1, 0.15) is 20.8 Å². The van der Waals surface area contributed by atoms with Crippen molar-refractivity contribution in [1.82, 2.24) is 4.90 Å². The Morgan fingerprint density at radius 3 is 2.07 bits per heavy atom. The summed E-state index contributed by atoms with van der Waals surface area (Å²) in [5, 5.41) is 0. The number of rotatable bonds is 0. The van der Waals surface area contributed by atoms with Crippen molar-refractivity contribution in [2.24, 2.45) is 11.5 Å². The molecule has 0 aromatic rings. The molecule has 0 aromatic heterocycles. The number of carbonyl (C=O) groups is 1. The molecule has 1 amide bonds. The Hall–Kier alpha value is -0.810. The Kier molecular flexibility index (Phi) is 3.01. The van der Waals surface area contributed by atoms with Gasteiger partial charge in [-0.05, 0) is 20.8 Å². The molecule has 1 heterocycles. The second kappa shape index (κ2) is 3.74. The lowest BCUT2D eigenvalue weighted by molar-refractivity contribution is 0.0290. The maximum Gasteiger partial charge on any atom is 0.410 e. The summed E-state index contributed by atoms with van der Waals surface area (Å²) in [6, 6.07) is -0.273. The Morgan fingerprint density at radius 2 is 1.71 bits per heavy atom. The summed E-state index contributed by atoms with van der Waals surface area (Å²) in [6.07, 6.45) is -0.332. The first-order chi connectivity index (χ1) is 6.29. The van der Waals surface area contributed by atoms with Gasteiger partial charge in [0.05, 0.1) is 0 Å². The van der Waals surface area contributed by atoms with Crippen molar-refractivity contribution in [2.45, 2.75) is 38.5 Å². The van der Waals surface area contributed by atoms with E-state index in [9.17, 15) is 4.79 Å². The molecule has 5 heteroatoms. The van der Waals surface area contributed by atoms with E-state index in [2.05, 4.69) is 0 Å². The van der Waals surface area contributed by atoms with E-state index < -0.39 is 5.60 Å². The number of nitrogens with two attached hydrogens (primary N) is 2. The number of ether oxygens (including phenoxy) is 1. The summed E-state index contributed by atoms with van der Waals surface area (Å²) in [7, 11) is 0. The second-order valence-electron chi connectivity index (χ2n) is 4.71. The average Bonchev–Trinajstić information content (AvgIpc) is 2.28. The third kappa shape index (κ3) is 2.85. The summed E-state index contributed by atoms with van der Waals surface area (Å²) in [5.74, 6) is 0. The Morgan fingerprint density at radius 1 is 1.29 bits per heavy atom. The minimum atomic E-state index is -0.464. The van der Waals surface area contributed by atoms with Gasteiger partial charge in [0, 0.05) is 25.2 Å². The van der Waals surface area contributed by atoms with Crippen LogP contribution in [0.4, 0.5) is 4.79 Å². The molecule has 0 aromatic carbocycles. The minimum absolute atomic E-state index is 0.137. The molecule has 14 heavy (non-hydrogen) atoms. The van der Waals surface area contributed by atoms with Gasteiger partial charge in [0.1, 0.15) is 5.60 Å². The highest BCUT2D eigenvalue weighted by atomic mass is 16.6. The third-order valence-corrected chi connectivity index (χ3v) is 2.06. The van der Waals surface area contributed by atoms with Crippen molar-refractivity contribution < 1.29 is 9.53 Å². The monoisotopic (exact) mass is 201 g/mol. The van der Waals surface area contributed by atoms with Gasteiger partial charge in [-0.2, -0.15) is 0 Å². The minimum Gasteiger partial charge on any atom is -0.444 e. The highest BCUT2D eigenvalue weighted by Gasteiger charge is 2.32. The van der Waals surface area contributed by atoms with E-state index in [0.29, 0.717) is 13.1 Å². The van der Waals surface area contributed by atoms with Gasteiger partial charge in [-0.25, -0.2) is 4.79 Å². The molecule has 2 atom stereocenters. The summed E-state index contributed by atoms with van der Waals surface area (Å²) in [5.41, 5.74) is 10.9. The van der Waals surface area contributed by atoms with Gasteiger partial charge in [0.2, 0.25) is 0 Å². The molecule has 1 aliphatic rings. The van der Waals surface area contributed by atoms with Crippen LogP contribution in [0.15, 0.2) is 0 Å². The molecule has 0 spiro atoms. The second-order valence-corrected chi connectivity index (χ2v) is 4.71. The zero-order chi connectivity index (χ0) is 10.9. The number of nitrogens with zero attached hydrogens (tertiary/aromatic N) is 1. The smallest absolute Gasteiger partial charge is 0.410 e. The molecule has 82 valence electrons. The molecule has 0 radical (unpaired) electrons. The van der Waals surface area contributed by atoms with E-state index in [0.717, 1.165) is 0 Å². The van der Waals surface area contributed by atoms with E-state index in [1.54, 1.807) is 4.90 Å². The van der Waals surface area contributed by atoms with Crippen molar-refractivity contribution in [3.63, 3.8) is 0 Å². The van der Waals surface area contributed by atoms with Crippen LogP contribution in [0.2, 0.25) is 0 Å². The van der Waals surface area contributed by atoms with E-state index in [-0.39, 0.29) is 18.2 Å². The van der Waals surface area contributed by atoms with Crippen LogP contribution in [0.3, 0.4) is 0 Å². The maximum absolute atomic E-state index is 11.5. The van der Waals surface area contributed by atoms with E-state index in [4.69, 9.17) is 16.2 Å². The lowest BCUT2D eigenvalue weighted by Gasteiger charge is -2.24. The van der Waals surface area contributed by atoms with Crippen LogP contribution in [-0.4, -0.2) is 41.8 Å². The van der Waals surface area contributed by atoms with Gasteiger partial charge in [-0.3, -0.25) is 0 Å². The lowest BCUT2D eigenvalue weighted by atomic mass is 10.2. The first kappa shape index (κ1) is 11.3. The predicted molar refractivity (Wildman–Crippen MR) is 53.8 cm³/mol. The lowest BCUT2D eigenvalue weighted by Crippen LogP contribution is -2.39. The van der Waals surface area contributed by atoms with Gasteiger partial charge < -0.3 is 21.1 Å². The zero-order valence-corrected chi connectivity index (χ0v) is 8.99. The fourth-order valence-corrected chi connectivity index (χ4v) is 1.33. The molecule has 4 N–H and O–H groups in total. The van der Waals surface area contributed by atoms with Gasteiger partial charge in [-0.15, -0.1) is 0 Å². The van der Waals surface area contributed by atoms with Gasteiger partial charge >= 0.3 is 6.09 Å². The number of hydrogen-bond acceptors (Lipinski definition) is 4. The fraction of sp³-hybridized carbons (Fsp3) is 0.889. The highest BCUT2D eigenvalue weighted by Crippen LogP contribution is 2.13. The largest absolute Gasteiger partial charge is 0.444 e. The summed E-state index contributed by atoms with van der Waals surface area (Å²) in [6.45, 7) is 6.47. The van der Waals surface area contributed by atoms with Crippen LogP contribution < -0.4 is 11.5 Å². The fourth-order valence-electron chi connectivity index (χ4n) is 1.33. The standard InChI is InChI=1S/C9H19N3O2/c1-9(2,3)14-8(13)12-4-6(10)7(11)5-12/h6-7H,4-5,10-11H2,1-3H3/t6-,7-/m0/s1. The molecule has 0 unspecified atom stereocenters. The number of carbonyl (C=O) groups excluding carboxylic acids is 1. The predicted octanol–water partition coefficient (Wildman–Crippen LogP) is -0.108. The number of amides is 1. The molecule has 1 aliphatic heterocycles. The van der Waals surface area contributed by atoms with Crippen LogP contribution in [0, 0.1) is 0 Å². The topological polar surface area (TPSA) is 81.6 Å². The molecule has 0 bridgehead atoms. The van der Waals surface area contributed by atoms with Crippen molar-refractivity contribution in [3.8, 4) is 0 Å². The van der Waals surface area contributed by atoms with Gasteiger partial charge in [0.15, 0.2) is 0 Å². The zero-order valence-electron chi connectivity index (χ0n) is 8.99. The van der Waals surface area contributed by atoms with Crippen molar-refractivity contribution in [1.29, 1.82) is 0 Å². The third-order valence-electron chi connectivity index (χ3n) is 2.06. The Labute approximate surface area is 84.4 Å². The molecule has 0 saturated carbocycles. The van der Waals surface area contributed by atoms with Gasteiger partial charge in [-0.1, -0.05) is 0 Å². The quantitative estimate of drug-likeness (QED) is 0.573. The molecule has 5 nitrogen and oxygen atoms in total. The molecule has 1 fully saturated rings. The van der Waals surface area contributed by atoms with Crippen LogP contribution >= 0.6 is 0 Å². The first-order valence-electron chi connectivity index (χ1n) is 4.78. The molecule has 1 saturated heterocycles. The van der Waals surface area contributed by atoms with Crippen LogP contribution in [0.25, 0.3) is 0 Å². The Bertz CT molecular complexity index is 215. The first-order valence-corrected chi connectivity index (χ1v) is 4.78. The molecular weight excluding hydrogens is 182 g/mol. The Balaban J connectivity index is 2.48. The maximum atomic E-state index is 11.5.